The van der Waals surface area contributed by atoms with Crippen LogP contribution in [0.25, 0.3) is 0 Å². The van der Waals surface area contributed by atoms with E-state index in [9.17, 15) is 4.79 Å². The van der Waals surface area contributed by atoms with Crippen molar-refractivity contribution in [1.82, 2.24) is 20.1 Å². The lowest BCUT2D eigenvalue weighted by Gasteiger charge is -2.12. The van der Waals surface area contributed by atoms with Crippen LogP contribution >= 0.6 is 23.1 Å². The van der Waals surface area contributed by atoms with Crippen molar-refractivity contribution < 1.29 is 9.53 Å². The van der Waals surface area contributed by atoms with Crippen molar-refractivity contribution >= 4 is 29.0 Å². The van der Waals surface area contributed by atoms with E-state index in [4.69, 9.17) is 4.74 Å². The lowest BCUT2D eigenvalue weighted by atomic mass is 10.3. The van der Waals surface area contributed by atoms with Gasteiger partial charge in [0.05, 0.1) is 12.4 Å². The summed E-state index contributed by atoms with van der Waals surface area (Å²) < 4.78 is 7.25. The molecule has 2 aromatic heterocycles. The highest BCUT2D eigenvalue weighted by Gasteiger charge is 2.30. The normalized spacial score (nSPS) is 15.4. The Kier molecular flexibility index (Phi) is 5.91. The quantitative estimate of drug-likeness (QED) is 0.691. The molecule has 24 heavy (non-hydrogen) atoms. The SMILES string of the molecule is COCC(C)NC(=O)CSc1nnc(Cc2cccs2)n1C1CC1. The minimum absolute atomic E-state index is 0.00490. The topological polar surface area (TPSA) is 69.0 Å². The van der Waals surface area contributed by atoms with Gasteiger partial charge in [0.1, 0.15) is 5.82 Å². The van der Waals surface area contributed by atoms with Crippen LogP contribution in [0.4, 0.5) is 0 Å². The van der Waals surface area contributed by atoms with Crippen LogP contribution < -0.4 is 5.32 Å². The average molecular weight is 367 g/mol. The molecule has 0 spiro atoms. The maximum atomic E-state index is 12.0. The van der Waals surface area contributed by atoms with Gasteiger partial charge < -0.3 is 14.6 Å². The highest BCUT2D eigenvalue weighted by Crippen LogP contribution is 2.39. The number of aromatic nitrogens is 3. The van der Waals surface area contributed by atoms with Gasteiger partial charge in [-0.15, -0.1) is 21.5 Å². The first kappa shape index (κ1) is 17.4. The third-order valence-electron chi connectivity index (χ3n) is 3.72. The second-order valence-corrected chi connectivity index (χ2v) is 7.94. The summed E-state index contributed by atoms with van der Waals surface area (Å²) in [6.07, 6.45) is 3.14. The Hall–Kier alpha value is -1.38. The van der Waals surface area contributed by atoms with Crippen molar-refractivity contribution in [3.05, 3.63) is 28.2 Å². The van der Waals surface area contributed by atoms with Crippen LogP contribution in [0.3, 0.4) is 0 Å². The van der Waals surface area contributed by atoms with Gasteiger partial charge in [0.15, 0.2) is 5.16 Å². The van der Waals surface area contributed by atoms with Gasteiger partial charge >= 0.3 is 0 Å². The minimum atomic E-state index is -0.00490. The number of hydrogen-bond acceptors (Lipinski definition) is 6. The number of rotatable bonds is 9. The molecule has 3 rings (SSSR count). The van der Waals surface area contributed by atoms with E-state index in [2.05, 4.69) is 37.6 Å². The van der Waals surface area contributed by atoms with Gasteiger partial charge in [-0.2, -0.15) is 0 Å². The molecule has 0 aromatic carbocycles. The summed E-state index contributed by atoms with van der Waals surface area (Å²) in [4.78, 5) is 13.3. The zero-order valence-electron chi connectivity index (χ0n) is 13.9. The highest BCUT2D eigenvalue weighted by molar-refractivity contribution is 7.99. The number of amides is 1. The number of nitrogens with one attached hydrogen (secondary N) is 1. The molecule has 0 aliphatic heterocycles. The molecular weight excluding hydrogens is 344 g/mol. The Bertz CT molecular complexity index is 668. The maximum Gasteiger partial charge on any atom is 0.230 e. The van der Waals surface area contributed by atoms with Crippen molar-refractivity contribution in [3.63, 3.8) is 0 Å². The van der Waals surface area contributed by atoms with Gasteiger partial charge in [0.25, 0.3) is 0 Å². The van der Waals surface area contributed by atoms with E-state index in [1.807, 2.05) is 6.92 Å². The highest BCUT2D eigenvalue weighted by atomic mass is 32.2. The second kappa shape index (κ2) is 8.13. The first-order valence-electron chi connectivity index (χ1n) is 8.04. The van der Waals surface area contributed by atoms with Crippen LogP contribution in [0.5, 0.6) is 0 Å². The first-order valence-corrected chi connectivity index (χ1v) is 9.91. The zero-order valence-corrected chi connectivity index (χ0v) is 15.5. The number of thiophene rings is 1. The first-order chi connectivity index (χ1) is 11.7. The lowest BCUT2D eigenvalue weighted by molar-refractivity contribution is -0.119. The minimum Gasteiger partial charge on any atom is -0.383 e. The van der Waals surface area contributed by atoms with Gasteiger partial charge in [0, 0.05) is 30.5 Å². The van der Waals surface area contributed by atoms with Crippen molar-refractivity contribution in [2.24, 2.45) is 0 Å². The van der Waals surface area contributed by atoms with E-state index in [-0.39, 0.29) is 11.9 Å². The average Bonchev–Trinajstić information content (AvgIpc) is 3.10. The number of methoxy groups -OCH3 is 1. The Morgan fingerprint density at radius 1 is 1.54 bits per heavy atom. The molecule has 1 atom stereocenters. The fraction of sp³-hybridized carbons (Fsp3) is 0.562. The standard InChI is InChI=1S/C16H22N4O2S2/c1-11(9-22-2)17-15(21)10-24-16-19-18-14(20(16)12-5-6-12)8-13-4-3-7-23-13/h3-4,7,11-12H,5-6,8-10H2,1-2H3,(H,17,21). The summed E-state index contributed by atoms with van der Waals surface area (Å²) >= 11 is 3.19. The van der Waals surface area contributed by atoms with Crippen LogP contribution in [0, 0.1) is 0 Å². The van der Waals surface area contributed by atoms with E-state index < -0.39 is 0 Å². The Labute approximate surface area is 150 Å². The fourth-order valence-electron chi connectivity index (χ4n) is 2.53. The molecule has 1 fully saturated rings. The molecule has 1 amide bonds. The number of ether oxygens (including phenoxy) is 1. The van der Waals surface area contributed by atoms with E-state index in [0.29, 0.717) is 18.4 Å². The molecule has 2 aromatic rings. The van der Waals surface area contributed by atoms with Crippen LogP contribution in [-0.2, 0) is 16.0 Å². The summed E-state index contributed by atoms with van der Waals surface area (Å²) in [5.74, 6) is 1.34. The van der Waals surface area contributed by atoms with E-state index in [1.54, 1.807) is 18.4 Å². The maximum absolute atomic E-state index is 12.0. The zero-order chi connectivity index (χ0) is 16.9. The molecule has 1 saturated carbocycles. The number of carbonyl (C=O) groups excluding carboxylic acids is 1. The molecule has 0 saturated heterocycles. The lowest BCUT2D eigenvalue weighted by Crippen LogP contribution is -2.36. The van der Waals surface area contributed by atoms with Crippen LogP contribution in [-0.4, -0.2) is 46.2 Å². The summed E-state index contributed by atoms with van der Waals surface area (Å²) in [6, 6.07) is 4.68. The number of hydrogen-bond donors (Lipinski definition) is 1. The molecule has 2 heterocycles. The third-order valence-corrected chi connectivity index (χ3v) is 5.54. The number of thioether (sulfide) groups is 1. The third kappa shape index (κ3) is 4.58. The largest absolute Gasteiger partial charge is 0.383 e. The Morgan fingerprint density at radius 3 is 3.04 bits per heavy atom. The molecule has 6 nitrogen and oxygen atoms in total. The van der Waals surface area contributed by atoms with Crippen LogP contribution in [0.15, 0.2) is 22.7 Å². The van der Waals surface area contributed by atoms with Gasteiger partial charge in [-0.1, -0.05) is 17.8 Å². The van der Waals surface area contributed by atoms with E-state index >= 15 is 0 Å². The van der Waals surface area contributed by atoms with Crippen LogP contribution in [0.2, 0.25) is 0 Å². The van der Waals surface area contributed by atoms with Gasteiger partial charge in [-0.3, -0.25) is 4.79 Å². The molecule has 1 unspecified atom stereocenters. The Morgan fingerprint density at radius 2 is 2.38 bits per heavy atom. The predicted molar refractivity (Wildman–Crippen MR) is 95.6 cm³/mol. The van der Waals surface area contributed by atoms with E-state index in [0.717, 1.165) is 17.4 Å². The van der Waals surface area contributed by atoms with Crippen molar-refractivity contribution in [1.29, 1.82) is 0 Å². The molecule has 0 bridgehead atoms. The van der Waals surface area contributed by atoms with Crippen LogP contribution in [0.1, 0.15) is 36.5 Å². The molecule has 1 aliphatic carbocycles. The van der Waals surface area contributed by atoms with Crippen molar-refractivity contribution in [2.45, 2.75) is 43.4 Å². The predicted octanol–water partition coefficient (Wildman–Crippen LogP) is 2.51. The van der Waals surface area contributed by atoms with E-state index in [1.165, 1.54) is 29.5 Å². The molecule has 1 aliphatic rings. The van der Waals surface area contributed by atoms with Gasteiger partial charge in [0.2, 0.25) is 5.91 Å². The molecule has 130 valence electrons. The monoisotopic (exact) mass is 366 g/mol. The summed E-state index contributed by atoms with van der Waals surface area (Å²) in [6.45, 7) is 2.44. The summed E-state index contributed by atoms with van der Waals surface area (Å²) in [5.41, 5.74) is 0. The summed E-state index contributed by atoms with van der Waals surface area (Å²) in [5, 5.41) is 14.5. The number of nitrogens with zero attached hydrogens (tertiary/aromatic N) is 3. The molecule has 0 radical (unpaired) electrons. The van der Waals surface area contributed by atoms with Crippen molar-refractivity contribution in [2.75, 3.05) is 19.5 Å². The Balaban J connectivity index is 1.61. The van der Waals surface area contributed by atoms with Crippen molar-refractivity contribution in [3.8, 4) is 0 Å². The number of carbonyl (C=O) groups is 1. The smallest absolute Gasteiger partial charge is 0.230 e. The summed E-state index contributed by atoms with van der Waals surface area (Å²) in [7, 11) is 1.63. The molecular formula is C16H22N4O2S2. The van der Waals surface area contributed by atoms with Gasteiger partial charge in [-0.25, -0.2) is 0 Å². The fourth-order valence-corrected chi connectivity index (χ4v) is 4.07. The molecule has 8 heteroatoms. The molecule has 1 N–H and O–H groups in total. The van der Waals surface area contributed by atoms with Gasteiger partial charge in [-0.05, 0) is 31.2 Å². The second-order valence-electron chi connectivity index (χ2n) is 5.97.